The molecule has 0 amide bonds. The van der Waals surface area contributed by atoms with E-state index >= 15 is 0 Å². The summed E-state index contributed by atoms with van der Waals surface area (Å²) in [6, 6.07) is 5.84. The Morgan fingerprint density at radius 2 is 2.35 bits per heavy atom. The van der Waals surface area contributed by atoms with Gasteiger partial charge in [-0.15, -0.1) is 0 Å². The molecule has 1 aliphatic rings. The van der Waals surface area contributed by atoms with E-state index in [1.807, 2.05) is 12.3 Å². The molecule has 1 atom stereocenters. The third kappa shape index (κ3) is 2.92. The van der Waals surface area contributed by atoms with Crippen LogP contribution in [0, 0.1) is 17.2 Å². The lowest BCUT2D eigenvalue weighted by Gasteiger charge is -2.35. The molecular formula is C13H17N3S. The van der Waals surface area contributed by atoms with Gasteiger partial charge in [0.25, 0.3) is 0 Å². The van der Waals surface area contributed by atoms with Crippen molar-refractivity contribution in [2.75, 3.05) is 23.7 Å². The first-order valence-electron chi connectivity index (χ1n) is 5.93. The summed E-state index contributed by atoms with van der Waals surface area (Å²) in [7, 11) is 0. The van der Waals surface area contributed by atoms with E-state index in [1.54, 1.807) is 6.07 Å². The first-order valence-corrected chi connectivity index (χ1v) is 6.98. The van der Waals surface area contributed by atoms with Gasteiger partial charge in [-0.2, -0.15) is 17.0 Å². The van der Waals surface area contributed by atoms with Crippen LogP contribution in [-0.2, 0) is 0 Å². The maximum Gasteiger partial charge on any atom is 0.140 e. The highest BCUT2D eigenvalue weighted by atomic mass is 32.2. The van der Waals surface area contributed by atoms with Gasteiger partial charge in [-0.05, 0) is 18.1 Å². The number of nitriles is 1. The van der Waals surface area contributed by atoms with E-state index in [4.69, 9.17) is 5.26 Å². The van der Waals surface area contributed by atoms with Crippen LogP contribution in [0.15, 0.2) is 18.3 Å². The number of hydrogen-bond acceptors (Lipinski definition) is 4. The monoisotopic (exact) mass is 247 g/mol. The minimum atomic E-state index is 0.487. The zero-order valence-electron chi connectivity index (χ0n) is 10.3. The lowest BCUT2D eigenvalue weighted by molar-refractivity contribution is 0.582. The second-order valence-corrected chi connectivity index (χ2v) is 5.96. The summed E-state index contributed by atoms with van der Waals surface area (Å²) in [4.78, 5) is 6.50. The van der Waals surface area contributed by atoms with Crippen LogP contribution in [0.3, 0.4) is 0 Å². The fourth-order valence-corrected chi connectivity index (χ4v) is 3.25. The summed E-state index contributed by atoms with van der Waals surface area (Å²) in [5.41, 5.74) is 1.62. The topological polar surface area (TPSA) is 39.9 Å². The Bertz CT molecular complexity index is 408. The number of aromatic nitrogens is 1. The van der Waals surface area contributed by atoms with Gasteiger partial charge < -0.3 is 4.90 Å². The van der Waals surface area contributed by atoms with E-state index in [-0.39, 0.29) is 0 Å². The van der Waals surface area contributed by atoms with Gasteiger partial charge in [0.15, 0.2) is 0 Å². The highest BCUT2D eigenvalue weighted by Crippen LogP contribution is 2.27. The Kier molecular flexibility index (Phi) is 3.90. The molecule has 1 aliphatic heterocycles. The van der Waals surface area contributed by atoms with E-state index in [9.17, 15) is 0 Å². The van der Waals surface area contributed by atoms with Crippen molar-refractivity contribution < 1.29 is 0 Å². The second-order valence-electron chi connectivity index (χ2n) is 4.61. The van der Waals surface area contributed by atoms with Crippen LogP contribution in [0.4, 0.5) is 5.69 Å². The van der Waals surface area contributed by atoms with E-state index in [0.29, 0.717) is 16.9 Å². The van der Waals surface area contributed by atoms with E-state index in [1.165, 1.54) is 5.75 Å². The molecule has 0 bridgehead atoms. The number of anilines is 1. The molecule has 3 nitrogen and oxygen atoms in total. The summed E-state index contributed by atoms with van der Waals surface area (Å²) >= 11 is 2.06. The number of nitrogens with zero attached hydrogens (tertiary/aromatic N) is 3. The Morgan fingerprint density at radius 3 is 2.94 bits per heavy atom. The first kappa shape index (κ1) is 12.3. The molecule has 0 aromatic carbocycles. The molecular weight excluding hydrogens is 230 g/mol. The molecule has 0 aliphatic carbocycles. The summed E-state index contributed by atoms with van der Waals surface area (Å²) < 4.78 is 0. The molecule has 2 rings (SSSR count). The number of thioether (sulfide) groups is 1. The quantitative estimate of drug-likeness (QED) is 0.805. The summed E-state index contributed by atoms with van der Waals surface area (Å²) in [6.45, 7) is 6.70. The van der Waals surface area contributed by atoms with Crippen LogP contribution in [0.2, 0.25) is 0 Å². The lowest BCUT2D eigenvalue weighted by Crippen LogP contribution is -2.40. The minimum Gasteiger partial charge on any atom is -0.368 e. The molecule has 0 N–H and O–H groups in total. The van der Waals surface area contributed by atoms with Crippen LogP contribution < -0.4 is 4.90 Å². The SMILES string of the molecule is CC(C)C1CN(c2ccc(C#N)nc2)CCS1. The predicted molar refractivity (Wildman–Crippen MR) is 72.2 cm³/mol. The normalized spacial score (nSPS) is 20.4. The zero-order valence-corrected chi connectivity index (χ0v) is 11.1. The fourth-order valence-electron chi connectivity index (χ4n) is 1.95. The van der Waals surface area contributed by atoms with Gasteiger partial charge in [0, 0.05) is 24.1 Å². The molecule has 1 aromatic rings. The van der Waals surface area contributed by atoms with Crippen molar-refractivity contribution in [1.29, 1.82) is 5.26 Å². The molecule has 0 spiro atoms. The van der Waals surface area contributed by atoms with E-state index < -0.39 is 0 Å². The van der Waals surface area contributed by atoms with Gasteiger partial charge in [-0.25, -0.2) is 4.98 Å². The van der Waals surface area contributed by atoms with Crippen LogP contribution in [-0.4, -0.2) is 29.1 Å². The lowest BCUT2D eigenvalue weighted by atomic mass is 10.1. The van der Waals surface area contributed by atoms with Gasteiger partial charge in [0.05, 0.1) is 11.9 Å². The molecule has 17 heavy (non-hydrogen) atoms. The molecule has 2 heterocycles. The Morgan fingerprint density at radius 1 is 1.53 bits per heavy atom. The zero-order chi connectivity index (χ0) is 12.3. The van der Waals surface area contributed by atoms with Crippen molar-refractivity contribution in [3.05, 3.63) is 24.0 Å². The standard InChI is InChI=1S/C13H17N3S/c1-10(2)13-9-16(5-6-17-13)12-4-3-11(7-14)15-8-12/h3-4,8,10,13H,5-6,9H2,1-2H3. The van der Waals surface area contributed by atoms with Crippen LogP contribution in [0.1, 0.15) is 19.5 Å². The van der Waals surface area contributed by atoms with Crippen molar-refractivity contribution in [1.82, 2.24) is 4.98 Å². The van der Waals surface area contributed by atoms with Crippen LogP contribution in [0.5, 0.6) is 0 Å². The Balaban J connectivity index is 2.08. The molecule has 90 valence electrons. The van der Waals surface area contributed by atoms with Crippen molar-refractivity contribution >= 4 is 17.4 Å². The number of hydrogen-bond donors (Lipinski definition) is 0. The molecule has 0 saturated carbocycles. The molecule has 1 saturated heterocycles. The Labute approximate surface area is 107 Å². The molecule has 1 unspecified atom stereocenters. The molecule has 1 fully saturated rings. The fraction of sp³-hybridized carbons (Fsp3) is 0.538. The van der Waals surface area contributed by atoms with Gasteiger partial charge in [0.1, 0.15) is 11.8 Å². The molecule has 4 heteroatoms. The van der Waals surface area contributed by atoms with Crippen LogP contribution >= 0.6 is 11.8 Å². The van der Waals surface area contributed by atoms with Gasteiger partial charge in [0.2, 0.25) is 0 Å². The molecule has 1 aromatic heterocycles. The summed E-state index contributed by atoms with van der Waals surface area (Å²) in [6.07, 6.45) is 1.81. The average Bonchev–Trinajstić information content (AvgIpc) is 2.39. The molecule has 0 radical (unpaired) electrons. The predicted octanol–water partition coefficient (Wildman–Crippen LogP) is 2.53. The van der Waals surface area contributed by atoms with Crippen molar-refractivity contribution in [3.63, 3.8) is 0 Å². The van der Waals surface area contributed by atoms with E-state index in [2.05, 4.69) is 41.6 Å². The van der Waals surface area contributed by atoms with Crippen molar-refractivity contribution in [2.24, 2.45) is 5.92 Å². The smallest absolute Gasteiger partial charge is 0.140 e. The third-order valence-corrected chi connectivity index (χ3v) is 4.60. The summed E-state index contributed by atoms with van der Waals surface area (Å²) in [5, 5.41) is 9.42. The van der Waals surface area contributed by atoms with Crippen LogP contribution in [0.25, 0.3) is 0 Å². The first-order chi connectivity index (χ1) is 8.20. The number of rotatable bonds is 2. The maximum absolute atomic E-state index is 8.72. The van der Waals surface area contributed by atoms with Gasteiger partial charge in [-0.1, -0.05) is 13.8 Å². The third-order valence-electron chi connectivity index (χ3n) is 3.06. The highest BCUT2D eigenvalue weighted by Gasteiger charge is 2.23. The average molecular weight is 247 g/mol. The second kappa shape index (κ2) is 5.42. The van der Waals surface area contributed by atoms with Crippen molar-refractivity contribution in [2.45, 2.75) is 19.1 Å². The summed E-state index contributed by atoms with van der Waals surface area (Å²) in [5.74, 6) is 1.87. The van der Waals surface area contributed by atoms with Gasteiger partial charge in [-0.3, -0.25) is 0 Å². The highest BCUT2D eigenvalue weighted by molar-refractivity contribution is 8.00. The minimum absolute atomic E-state index is 0.487. The van der Waals surface area contributed by atoms with Gasteiger partial charge >= 0.3 is 0 Å². The van der Waals surface area contributed by atoms with E-state index in [0.717, 1.165) is 18.8 Å². The maximum atomic E-state index is 8.72. The van der Waals surface area contributed by atoms with Crippen molar-refractivity contribution in [3.8, 4) is 6.07 Å². The largest absolute Gasteiger partial charge is 0.368 e. The number of pyridine rings is 1. The Hall–Kier alpha value is -1.21.